The molecule has 38 heavy (non-hydrogen) atoms. The summed E-state index contributed by atoms with van der Waals surface area (Å²) in [4.78, 5) is 34.3. The number of aromatic amines is 1. The van der Waals surface area contributed by atoms with E-state index < -0.39 is 5.79 Å². The summed E-state index contributed by atoms with van der Waals surface area (Å²) < 4.78 is 13.1. The molecule has 1 aliphatic carbocycles. The van der Waals surface area contributed by atoms with Crippen LogP contribution in [-0.2, 0) is 13.0 Å². The van der Waals surface area contributed by atoms with Gasteiger partial charge in [0.25, 0.3) is 17.3 Å². The number of pyridine rings is 1. The van der Waals surface area contributed by atoms with E-state index in [1.807, 2.05) is 33.1 Å². The van der Waals surface area contributed by atoms with E-state index in [0.29, 0.717) is 46.5 Å². The molecule has 0 saturated heterocycles. The van der Waals surface area contributed by atoms with E-state index in [4.69, 9.17) is 21.1 Å². The molecule has 9 heteroatoms. The summed E-state index contributed by atoms with van der Waals surface area (Å²) in [5.41, 5.74) is 3.43. The Morgan fingerprint density at radius 1 is 1.16 bits per heavy atom. The van der Waals surface area contributed by atoms with E-state index in [1.54, 1.807) is 4.90 Å². The van der Waals surface area contributed by atoms with Crippen molar-refractivity contribution in [2.75, 3.05) is 33.4 Å². The van der Waals surface area contributed by atoms with Crippen molar-refractivity contribution in [3.8, 4) is 11.5 Å². The van der Waals surface area contributed by atoms with Crippen molar-refractivity contribution in [2.24, 2.45) is 11.8 Å². The molecule has 2 aliphatic heterocycles. The lowest BCUT2D eigenvalue weighted by molar-refractivity contribution is -0.123. The zero-order valence-corrected chi connectivity index (χ0v) is 24.8. The van der Waals surface area contributed by atoms with Gasteiger partial charge in [0.1, 0.15) is 0 Å². The molecule has 0 spiro atoms. The van der Waals surface area contributed by atoms with Gasteiger partial charge in [-0.15, -0.1) is 11.8 Å². The fraction of sp³-hybridized carbons (Fsp3) is 0.586. The molecule has 3 heterocycles. The first-order chi connectivity index (χ1) is 18.0. The van der Waals surface area contributed by atoms with Gasteiger partial charge in [0.05, 0.1) is 22.7 Å². The van der Waals surface area contributed by atoms with Gasteiger partial charge >= 0.3 is 0 Å². The van der Waals surface area contributed by atoms with Gasteiger partial charge in [0, 0.05) is 42.1 Å². The highest BCUT2D eigenvalue weighted by Crippen LogP contribution is 2.54. The normalized spacial score (nSPS) is 24.7. The molecule has 5 rings (SSSR count). The molecule has 0 unspecified atom stereocenters. The van der Waals surface area contributed by atoms with Crippen molar-refractivity contribution in [3.05, 3.63) is 49.4 Å². The number of aryl methyl sites for hydroxylation is 1. The lowest BCUT2D eigenvalue weighted by atomic mass is 9.78. The Labute approximate surface area is 234 Å². The van der Waals surface area contributed by atoms with Crippen molar-refractivity contribution in [1.82, 2.24) is 14.8 Å². The van der Waals surface area contributed by atoms with Crippen molar-refractivity contribution < 1.29 is 14.3 Å². The van der Waals surface area contributed by atoms with Crippen LogP contribution in [0.3, 0.4) is 0 Å². The van der Waals surface area contributed by atoms with Crippen LogP contribution in [0.15, 0.2) is 15.8 Å². The topological polar surface area (TPSA) is 74.9 Å². The minimum absolute atomic E-state index is 0.123. The number of aromatic nitrogens is 1. The molecule has 1 saturated carbocycles. The van der Waals surface area contributed by atoms with E-state index >= 15 is 0 Å². The van der Waals surface area contributed by atoms with Crippen LogP contribution in [0, 0.1) is 25.7 Å². The number of thioether (sulfide) groups is 1. The van der Waals surface area contributed by atoms with Crippen LogP contribution < -0.4 is 15.0 Å². The first-order valence-electron chi connectivity index (χ1n) is 13.5. The Morgan fingerprint density at radius 3 is 2.50 bits per heavy atom. The van der Waals surface area contributed by atoms with Crippen LogP contribution in [0.1, 0.15) is 65.3 Å². The van der Waals surface area contributed by atoms with Gasteiger partial charge in [-0.05, 0) is 83.9 Å². The third-order valence-electron chi connectivity index (χ3n) is 8.44. The fourth-order valence-corrected chi connectivity index (χ4v) is 7.45. The van der Waals surface area contributed by atoms with Gasteiger partial charge in [0.2, 0.25) is 0 Å². The average Bonchev–Trinajstić information content (AvgIpc) is 3.24. The molecule has 7 nitrogen and oxygen atoms in total. The third kappa shape index (κ3) is 4.84. The number of carbonyl (C=O) groups is 1. The smallest absolute Gasteiger partial charge is 0.254 e. The number of fused-ring (bicyclic) bond motifs is 2. The molecule has 1 aromatic heterocycles. The Morgan fingerprint density at radius 2 is 1.84 bits per heavy atom. The van der Waals surface area contributed by atoms with Gasteiger partial charge in [-0.1, -0.05) is 11.6 Å². The second-order valence-electron chi connectivity index (χ2n) is 11.5. The van der Waals surface area contributed by atoms with E-state index in [9.17, 15) is 9.59 Å². The number of H-pyrrole nitrogens is 1. The van der Waals surface area contributed by atoms with Crippen molar-refractivity contribution in [3.63, 3.8) is 0 Å². The van der Waals surface area contributed by atoms with Crippen LogP contribution in [0.5, 0.6) is 11.5 Å². The molecule has 1 fully saturated rings. The monoisotopic (exact) mass is 559 g/mol. The molecule has 1 atom stereocenters. The number of benzene rings is 1. The van der Waals surface area contributed by atoms with Crippen LogP contribution >= 0.6 is 23.4 Å². The molecule has 1 N–H and O–H groups in total. The summed E-state index contributed by atoms with van der Waals surface area (Å²) in [6.45, 7) is 7.65. The van der Waals surface area contributed by atoms with E-state index in [0.717, 1.165) is 53.9 Å². The number of ether oxygens (including phenoxy) is 2. The second-order valence-corrected chi connectivity index (χ2v) is 12.7. The summed E-state index contributed by atoms with van der Waals surface area (Å²) in [7, 11) is 4.26. The van der Waals surface area contributed by atoms with Crippen LogP contribution in [-0.4, -0.2) is 59.9 Å². The number of rotatable bonds is 6. The van der Waals surface area contributed by atoms with E-state index in [1.165, 1.54) is 11.8 Å². The highest BCUT2D eigenvalue weighted by atomic mass is 35.5. The number of halogens is 1. The SMILES string of the molecule is CSc1cc(C)[nH]c(=O)c1CN1CCc2c(Cl)c3c(c(C)c2C1=O)O[C@@](C)(C1CCC(CN(C)C)CC1)O3. The second kappa shape index (κ2) is 10.4. The lowest BCUT2D eigenvalue weighted by Crippen LogP contribution is -2.45. The number of nitrogens with one attached hydrogen (secondary N) is 1. The molecular weight excluding hydrogens is 522 g/mol. The highest BCUT2D eigenvalue weighted by molar-refractivity contribution is 7.98. The number of hydrogen-bond acceptors (Lipinski definition) is 6. The molecule has 0 radical (unpaired) electrons. The Kier molecular flexibility index (Phi) is 7.52. The molecule has 2 aromatic rings. The molecule has 1 amide bonds. The first-order valence-corrected chi connectivity index (χ1v) is 15.1. The largest absolute Gasteiger partial charge is 0.448 e. The highest BCUT2D eigenvalue weighted by Gasteiger charge is 2.48. The maximum atomic E-state index is 13.8. The van der Waals surface area contributed by atoms with E-state index in [2.05, 4.69) is 24.0 Å². The Balaban J connectivity index is 1.40. The standard InChI is InChI=1S/C29H38ClN3O4S/c1-16-13-22(38-6)21(27(34)31-16)15-33-12-11-20-23(28(33)35)17(2)25-26(24(20)30)37-29(3,36-25)19-9-7-18(8-10-19)14-32(4)5/h13,18-19H,7-12,14-15H2,1-6H3,(H,31,34)/t18?,19?,29-/m1/s1. The van der Waals surface area contributed by atoms with Gasteiger partial charge in [0.15, 0.2) is 11.5 Å². The predicted octanol–water partition coefficient (Wildman–Crippen LogP) is 5.42. The predicted molar refractivity (Wildman–Crippen MR) is 152 cm³/mol. The van der Waals surface area contributed by atoms with Crippen LogP contribution in [0.25, 0.3) is 0 Å². The zero-order valence-electron chi connectivity index (χ0n) is 23.2. The first kappa shape index (κ1) is 27.4. The summed E-state index contributed by atoms with van der Waals surface area (Å²) in [5, 5.41) is 0.483. The zero-order chi connectivity index (χ0) is 27.4. The van der Waals surface area contributed by atoms with Gasteiger partial charge in [-0.25, -0.2) is 0 Å². The number of nitrogens with zero attached hydrogens (tertiary/aromatic N) is 2. The molecule has 3 aliphatic rings. The molecule has 1 aromatic carbocycles. The van der Waals surface area contributed by atoms with Gasteiger partial charge in [-0.3, -0.25) is 9.59 Å². The van der Waals surface area contributed by atoms with Crippen LogP contribution in [0.2, 0.25) is 5.02 Å². The van der Waals surface area contributed by atoms with Crippen molar-refractivity contribution in [1.29, 1.82) is 0 Å². The summed E-state index contributed by atoms with van der Waals surface area (Å²) in [6.07, 6.45) is 6.91. The van der Waals surface area contributed by atoms with Crippen LogP contribution in [0.4, 0.5) is 0 Å². The number of carbonyl (C=O) groups excluding carboxylic acids is 1. The maximum absolute atomic E-state index is 13.8. The summed E-state index contributed by atoms with van der Waals surface area (Å²) in [5.74, 6) is 1.19. The van der Waals surface area contributed by atoms with E-state index in [-0.39, 0.29) is 23.9 Å². The minimum Gasteiger partial charge on any atom is -0.448 e. The quantitative estimate of drug-likeness (QED) is 0.476. The Hall–Kier alpha value is -2.16. The van der Waals surface area contributed by atoms with Gasteiger partial charge < -0.3 is 24.3 Å². The minimum atomic E-state index is -0.797. The van der Waals surface area contributed by atoms with Crippen molar-refractivity contribution in [2.45, 2.75) is 70.1 Å². The molecule has 0 bridgehead atoms. The molecular formula is C29H38ClN3O4S. The summed E-state index contributed by atoms with van der Waals surface area (Å²) in [6, 6.07) is 1.96. The maximum Gasteiger partial charge on any atom is 0.254 e. The summed E-state index contributed by atoms with van der Waals surface area (Å²) >= 11 is 8.43. The van der Waals surface area contributed by atoms with Gasteiger partial charge in [-0.2, -0.15) is 0 Å². The average molecular weight is 560 g/mol. The number of amides is 1. The fourth-order valence-electron chi connectivity index (χ4n) is 6.44. The lowest BCUT2D eigenvalue weighted by Gasteiger charge is -2.37. The third-order valence-corrected chi connectivity index (χ3v) is 9.64. The number of hydrogen-bond donors (Lipinski definition) is 1. The molecule has 206 valence electrons. The van der Waals surface area contributed by atoms with Crippen molar-refractivity contribution >= 4 is 29.3 Å². The Bertz CT molecular complexity index is 1320.